The van der Waals surface area contributed by atoms with Gasteiger partial charge in [0.05, 0.1) is 21.2 Å². The Hall–Kier alpha value is -3.29. The highest BCUT2D eigenvalue weighted by molar-refractivity contribution is 8.18. The van der Waals surface area contributed by atoms with Gasteiger partial charge in [0.15, 0.2) is 5.17 Å². The van der Waals surface area contributed by atoms with Crippen LogP contribution < -0.4 is 5.32 Å². The van der Waals surface area contributed by atoms with Crippen LogP contribution in [0.3, 0.4) is 0 Å². The standard InChI is InChI=1S/C23H17ClN2O4S/c1-12-3-5-15(9-13(12)2)25-23-26-21(27)20(31-23)11-16-6-8-19(30-16)17-10-14(22(28)29)4-7-18(17)24/h3-11H,1-2H3,(H,28,29)(H,25,26,27)/b20-11-. The number of nitrogens with zero attached hydrogens (tertiary/aromatic N) is 1. The van der Waals surface area contributed by atoms with Crippen LogP contribution in [-0.2, 0) is 4.79 Å². The molecule has 0 spiro atoms. The Morgan fingerprint density at radius 2 is 1.94 bits per heavy atom. The average molecular weight is 453 g/mol. The van der Waals surface area contributed by atoms with Gasteiger partial charge in [-0.1, -0.05) is 17.7 Å². The second kappa shape index (κ2) is 8.45. The molecular weight excluding hydrogens is 436 g/mol. The Kier molecular flexibility index (Phi) is 5.71. The monoisotopic (exact) mass is 452 g/mol. The second-order valence-electron chi connectivity index (χ2n) is 6.95. The molecule has 1 amide bonds. The van der Waals surface area contributed by atoms with Gasteiger partial charge >= 0.3 is 5.97 Å². The quantitative estimate of drug-likeness (QED) is 0.487. The fourth-order valence-corrected chi connectivity index (χ4v) is 3.98. The number of carboxylic acids is 1. The van der Waals surface area contributed by atoms with Gasteiger partial charge in [-0.15, -0.1) is 0 Å². The van der Waals surface area contributed by atoms with Crippen LogP contribution in [-0.4, -0.2) is 22.2 Å². The maximum atomic E-state index is 12.3. The van der Waals surface area contributed by atoms with Gasteiger partial charge in [0.2, 0.25) is 0 Å². The highest BCUT2D eigenvalue weighted by Crippen LogP contribution is 2.33. The summed E-state index contributed by atoms with van der Waals surface area (Å²) in [6.45, 7) is 4.04. The van der Waals surface area contributed by atoms with Crippen LogP contribution >= 0.6 is 23.4 Å². The number of aryl methyl sites for hydroxylation is 2. The van der Waals surface area contributed by atoms with Gasteiger partial charge < -0.3 is 14.8 Å². The zero-order valence-electron chi connectivity index (χ0n) is 16.6. The summed E-state index contributed by atoms with van der Waals surface area (Å²) >= 11 is 7.42. The number of nitrogens with one attached hydrogen (secondary N) is 1. The van der Waals surface area contributed by atoms with E-state index >= 15 is 0 Å². The highest BCUT2D eigenvalue weighted by atomic mass is 35.5. The van der Waals surface area contributed by atoms with E-state index in [1.54, 1.807) is 18.2 Å². The maximum absolute atomic E-state index is 12.3. The smallest absolute Gasteiger partial charge is 0.335 e. The number of amides is 1. The number of benzene rings is 2. The molecule has 0 saturated carbocycles. The van der Waals surface area contributed by atoms with E-state index in [0.717, 1.165) is 11.3 Å². The number of carbonyl (C=O) groups excluding carboxylic acids is 1. The molecule has 8 heteroatoms. The Balaban J connectivity index is 1.58. The molecule has 156 valence electrons. The van der Waals surface area contributed by atoms with E-state index < -0.39 is 5.97 Å². The summed E-state index contributed by atoms with van der Waals surface area (Å²) < 4.78 is 5.79. The molecule has 0 bridgehead atoms. The van der Waals surface area contributed by atoms with Crippen LogP contribution in [0.2, 0.25) is 5.02 Å². The lowest BCUT2D eigenvalue weighted by atomic mass is 10.1. The lowest BCUT2D eigenvalue weighted by Crippen LogP contribution is -2.19. The second-order valence-corrected chi connectivity index (χ2v) is 8.39. The zero-order chi connectivity index (χ0) is 22.1. The number of carbonyl (C=O) groups is 2. The average Bonchev–Trinajstić information content (AvgIpc) is 3.32. The molecule has 0 atom stereocenters. The first-order chi connectivity index (χ1) is 14.8. The predicted octanol–water partition coefficient (Wildman–Crippen LogP) is 5.81. The van der Waals surface area contributed by atoms with Crippen LogP contribution in [0.1, 0.15) is 27.2 Å². The minimum atomic E-state index is -1.05. The molecule has 2 aromatic carbocycles. The first kappa shape index (κ1) is 21.0. The molecule has 0 radical (unpaired) electrons. The van der Waals surface area contributed by atoms with Gasteiger partial charge in [0, 0.05) is 11.6 Å². The summed E-state index contributed by atoms with van der Waals surface area (Å²) in [6.07, 6.45) is 1.61. The van der Waals surface area contributed by atoms with Crippen molar-refractivity contribution in [2.75, 3.05) is 0 Å². The molecule has 3 aromatic rings. The van der Waals surface area contributed by atoms with E-state index in [2.05, 4.69) is 10.3 Å². The van der Waals surface area contributed by atoms with Crippen molar-refractivity contribution < 1.29 is 19.1 Å². The number of hydrogen-bond acceptors (Lipinski definition) is 5. The van der Waals surface area contributed by atoms with Gasteiger partial charge in [0.1, 0.15) is 11.5 Å². The van der Waals surface area contributed by atoms with Crippen LogP contribution in [0.4, 0.5) is 5.69 Å². The fraction of sp³-hybridized carbons (Fsp3) is 0.0870. The van der Waals surface area contributed by atoms with E-state index in [4.69, 9.17) is 16.0 Å². The summed E-state index contributed by atoms with van der Waals surface area (Å²) in [6, 6.07) is 13.6. The van der Waals surface area contributed by atoms with Crippen molar-refractivity contribution in [2.24, 2.45) is 4.99 Å². The fourth-order valence-electron chi connectivity index (χ4n) is 2.94. The molecule has 1 saturated heterocycles. The van der Waals surface area contributed by atoms with E-state index in [1.807, 2.05) is 32.0 Å². The molecule has 0 unspecified atom stereocenters. The molecule has 2 N–H and O–H groups in total. The molecule has 4 rings (SSSR count). The SMILES string of the molecule is Cc1ccc(N=C2NC(=O)/C(=C/c3ccc(-c4cc(C(=O)O)ccc4Cl)o3)S2)cc1C. The normalized spacial score (nSPS) is 16.2. The van der Waals surface area contributed by atoms with Crippen molar-refractivity contribution in [3.63, 3.8) is 0 Å². The third kappa shape index (κ3) is 4.57. The Morgan fingerprint density at radius 1 is 1.13 bits per heavy atom. The largest absolute Gasteiger partial charge is 0.478 e. The molecule has 1 aromatic heterocycles. The molecule has 6 nitrogen and oxygen atoms in total. The number of halogens is 1. The minimum Gasteiger partial charge on any atom is -0.478 e. The number of aromatic carboxylic acids is 1. The van der Waals surface area contributed by atoms with Crippen molar-refractivity contribution in [3.8, 4) is 11.3 Å². The van der Waals surface area contributed by atoms with E-state index in [9.17, 15) is 14.7 Å². The lowest BCUT2D eigenvalue weighted by molar-refractivity contribution is -0.115. The molecule has 2 heterocycles. The number of rotatable bonds is 4. The van der Waals surface area contributed by atoms with Crippen molar-refractivity contribution in [3.05, 3.63) is 80.9 Å². The first-order valence-electron chi connectivity index (χ1n) is 9.30. The molecule has 0 aliphatic carbocycles. The van der Waals surface area contributed by atoms with Crippen LogP contribution in [0.15, 0.2) is 62.8 Å². The third-order valence-electron chi connectivity index (χ3n) is 4.75. The number of hydrogen-bond donors (Lipinski definition) is 2. The lowest BCUT2D eigenvalue weighted by Gasteiger charge is -2.02. The van der Waals surface area contributed by atoms with Gasteiger partial charge in [-0.3, -0.25) is 4.79 Å². The summed E-state index contributed by atoms with van der Waals surface area (Å²) in [4.78, 5) is 28.5. The topological polar surface area (TPSA) is 91.9 Å². The number of thioether (sulfide) groups is 1. The van der Waals surface area contributed by atoms with Gasteiger partial charge in [-0.05, 0) is 79.2 Å². The number of carboxylic acid groups (broad SMARTS) is 1. The van der Waals surface area contributed by atoms with Gasteiger partial charge in [0.25, 0.3) is 5.91 Å². The number of amidine groups is 1. The molecular formula is C23H17ClN2O4S. The molecule has 31 heavy (non-hydrogen) atoms. The predicted molar refractivity (Wildman–Crippen MR) is 123 cm³/mol. The number of furan rings is 1. The van der Waals surface area contributed by atoms with E-state index in [1.165, 1.54) is 35.5 Å². The van der Waals surface area contributed by atoms with Crippen LogP contribution in [0.5, 0.6) is 0 Å². The van der Waals surface area contributed by atoms with Crippen LogP contribution in [0, 0.1) is 13.8 Å². The summed E-state index contributed by atoms with van der Waals surface area (Å²) in [5.74, 6) is -0.470. The minimum absolute atomic E-state index is 0.105. The Labute approximate surface area is 187 Å². The zero-order valence-corrected chi connectivity index (χ0v) is 18.2. The van der Waals surface area contributed by atoms with Crippen molar-refractivity contribution in [2.45, 2.75) is 13.8 Å². The first-order valence-corrected chi connectivity index (χ1v) is 10.5. The highest BCUT2D eigenvalue weighted by Gasteiger charge is 2.24. The summed E-state index contributed by atoms with van der Waals surface area (Å²) in [5, 5.41) is 12.8. The Morgan fingerprint density at radius 3 is 2.68 bits per heavy atom. The Bertz CT molecular complexity index is 1280. The summed E-state index contributed by atoms with van der Waals surface area (Å²) in [5.41, 5.74) is 3.64. The summed E-state index contributed by atoms with van der Waals surface area (Å²) in [7, 11) is 0. The van der Waals surface area contributed by atoms with Crippen molar-refractivity contribution in [1.29, 1.82) is 0 Å². The van der Waals surface area contributed by atoms with Crippen LogP contribution in [0.25, 0.3) is 17.4 Å². The third-order valence-corrected chi connectivity index (χ3v) is 5.99. The number of aliphatic imine (C=N–C) groups is 1. The van der Waals surface area contributed by atoms with Gasteiger partial charge in [-0.2, -0.15) is 0 Å². The molecule has 1 aliphatic heterocycles. The van der Waals surface area contributed by atoms with Crippen molar-refractivity contribution in [1.82, 2.24) is 5.32 Å². The van der Waals surface area contributed by atoms with E-state index in [-0.39, 0.29) is 11.5 Å². The van der Waals surface area contributed by atoms with E-state index in [0.29, 0.717) is 32.2 Å². The maximum Gasteiger partial charge on any atom is 0.335 e. The van der Waals surface area contributed by atoms with Crippen molar-refractivity contribution >= 4 is 52.2 Å². The molecule has 1 fully saturated rings. The van der Waals surface area contributed by atoms with Gasteiger partial charge in [-0.25, -0.2) is 9.79 Å². The molecule has 1 aliphatic rings.